The van der Waals surface area contributed by atoms with Gasteiger partial charge in [0.15, 0.2) is 0 Å². The molecule has 1 aromatic heterocycles. The molecule has 3 heterocycles. The Morgan fingerprint density at radius 3 is 2.46 bits per heavy atom. The van der Waals surface area contributed by atoms with E-state index in [0.717, 1.165) is 39.0 Å². The fraction of sp³-hybridized carbons (Fsp3) is 0.304. The van der Waals surface area contributed by atoms with E-state index < -0.39 is 0 Å². The van der Waals surface area contributed by atoms with Gasteiger partial charge < -0.3 is 9.88 Å². The van der Waals surface area contributed by atoms with Crippen LogP contribution in [-0.2, 0) is 18.6 Å². The zero-order valence-electron chi connectivity index (χ0n) is 15.1. The molecule has 26 heavy (non-hydrogen) atoms. The Kier molecular flexibility index (Phi) is 3.83. The number of nitrogens with one attached hydrogen (secondary N) is 1. The van der Waals surface area contributed by atoms with Crippen LogP contribution in [0.2, 0.25) is 0 Å². The number of para-hydroxylation sites is 1. The maximum atomic E-state index is 3.95. The Balaban J connectivity index is 1.41. The van der Waals surface area contributed by atoms with Crippen molar-refractivity contribution in [3.8, 4) is 0 Å². The smallest absolute Gasteiger partial charge is 0.0800 e. The number of fused-ring (bicyclic) bond motifs is 3. The minimum absolute atomic E-state index is 0.0449. The Hall–Kier alpha value is -2.52. The summed E-state index contributed by atoms with van der Waals surface area (Å²) in [5.41, 5.74) is 5.57. The summed E-state index contributed by atoms with van der Waals surface area (Å²) in [5.74, 6) is 0. The standard InChI is InChI=1S/C23H25N3/c1-2-7-19(8-3-1)17-25-15-12-23(13-16-25)22-11-6-14-26(22)18-20-9-4-5-10-21(20)24-23/h1-11,14,24H,12-13,15-18H2. The molecule has 0 amide bonds. The topological polar surface area (TPSA) is 20.2 Å². The van der Waals surface area contributed by atoms with Gasteiger partial charge in [0, 0.05) is 43.8 Å². The molecule has 132 valence electrons. The number of rotatable bonds is 2. The minimum atomic E-state index is 0.0449. The number of aromatic nitrogens is 1. The molecule has 2 aliphatic heterocycles. The lowest BCUT2D eigenvalue weighted by molar-refractivity contribution is 0.163. The monoisotopic (exact) mass is 343 g/mol. The highest BCUT2D eigenvalue weighted by Gasteiger charge is 2.39. The van der Waals surface area contributed by atoms with Gasteiger partial charge in [-0.3, -0.25) is 4.90 Å². The molecule has 0 saturated carbocycles. The number of likely N-dealkylation sites (tertiary alicyclic amines) is 1. The summed E-state index contributed by atoms with van der Waals surface area (Å²) in [4.78, 5) is 2.59. The van der Waals surface area contributed by atoms with Crippen LogP contribution in [0.4, 0.5) is 5.69 Å². The molecule has 0 aliphatic carbocycles. The summed E-state index contributed by atoms with van der Waals surface area (Å²) < 4.78 is 2.44. The second kappa shape index (κ2) is 6.33. The first-order valence-electron chi connectivity index (χ1n) is 9.60. The van der Waals surface area contributed by atoms with Crippen molar-refractivity contribution in [2.24, 2.45) is 0 Å². The highest BCUT2D eigenvalue weighted by molar-refractivity contribution is 5.56. The predicted molar refractivity (Wildman–Crippen MR) is 106 cm³/mol. The molecule has 0 atom stereocenters. The molecular formula is C23H25N3. The SMILES string of the molecule is c1ccc(CN2CCC3(CC2)Nc2ccccc2Cn2cccc23)cc1. The van der Waals surface area contributed by atoms with Gasteiger partial charge >= 0.3 is 0 Å². The zero-order valence-corrected chi connectivity index (χ0v) is 15.1. The highest BCUT2D eigenvalue weighted by Crippen LogP contribution is 2.40. The van der Waals surface area contributed by atoms with Gasteiger partial charge in [-0.1, -0.05) is 48.5 Å². The summed E-state index contributed by atoms with van der Waals surface area (Å²) in [5, 5.41) is 3.95. The summed E-state index contributed by atoms with van der Waals surface area (Å²) in [6.45, 7) is 4.25. The van der Waals surface area contributed by atoms with E-state index in [0.29, 0.717) is 0 Å². The third kappa shape index (κ3) is 2.73. The van der Waals surface area contributed by atoms with Crippen molar-refractivity contribution in [3.05, 3.63) is 89.7 Å². The van der Waals surface area contributed by atoms with Gasteiger partial charge in [-0.05, 0) is 42.2 Å². The van der Waals surface area contributed by atoms with Crippen molar-refractivity contribution >= 4 is 5.69 Å². The molecule has 1 fully saturated rings. The van der Waals surface area contributed by atoms with Gasteiger partial charge in [0.1, 0.15) is 0 Å². The van der Waals surface area contributed by atoms with Crippen molar-refractivity contribution in [2.45, 2.75) is 31.5 Å². The van der Waals surface area contributed by atoms with Crippen LogP contribution in [0.1, 0.15) is 29.7 Å². The van der Waals surface area contributed by atoms with Crippen LogP contribution in [-0.4, -0.2) is 22.6 Å². The van der Waals surface area contributed by atoms with Crippen LogP contribution in [0.25, 0.3) is 0 Å². The average Bonchev–Trinajstić information content (AvgIpc) is 3.10. The molecule has 3 heteroatoms. The van der Waals surface area contributed by atoms with Gasteiger partial charge in [-0.2, -0.15) is 0 Å². The number of piperidine rings is 1. The maximum absolute atomic E-state index is 3.95. The van der Waals surface area contributed by atoms with E-state index in [-0.39, 0.29) is 5.54 Å². The molecule has 1 N–H and O–H groups in total. The number of benzene rings is 2. The van der Waals surface area contributed by atoms with Crippen molar-refractivity contribution in [1.29, 1.82) is 0 Å². The molecule has 1 spiro atoms. The van der Waals surface area contributed by atoms with Crippen LogP contribution in [0.5, 0.6) is 0 Å². The number of hydrogen-bond donors (Lipinski definition) is 1. The lowest BCUT2D eigenvalue weighted by Gasteiger charge is -2.43. The van der Waals surface area contributed by atoms with E-state index in [2.05, 4.69) is 87.7 Å². The van der Waals surface area contributed by atoms with E-state index in [9.17, 15) is 0 Å². The second-order valence-electron chi connectivity index (χ2n) is 7.65. The highest BCUT2D eigenvalue weighted by atomic mass is 15.2. The Morgan fingerprint density at radius 2 is 1.62 bits per heavy atom. The van der Waals surface area contributed by atoms with Crippen LogP contribution in [0.3, 0.4) is 0 Å². The van der Waals surface area contributed by atoms with Gasteiger partial charge in [0.25, 0.3) is 0 Å². The van der Waals surface area contributed by atoms with Gasteiger partial charge in [-0.25, -0.2) is 0 Å². The quantitative estimate of drug-likeness (QED) is 0.742. The molecule has 0 unspecified atom stereocenters. The van der Waals surface area contributed by atoms with Crippen molar-refractivity contribution in [3.63, 3.8) is 0 Å². The largest absolute Gasteiger partial charge is 0.374 e. The Bertz CT molecular complexity index is 889. The molecule has 0 radical (unpaired) electrons. The van der Waals surface area contributed by atoms with E-state index in [4.69, 9.17) is 0 Å². The minimum Gasteiger partial charge on any atom is -0.374 e. The molecular weight excluding hydrogens is 318 g/mol. The fourth-order valence-corrected chi connectivity index (χ4v) is 4.59. The maximum Gasteiger partial charge on any atom is 0.0800 e. The summed E-state index contributed by atoms with van der Waals surface area (Å²) >= 11 is 0. The van der Waals surface area contributed by atoms with Gasteiger partial charge in [0.05, 0.1) is 5.54 Å². The van der Waals surface area contributed by atoms with Gasteiger partial charge in [-0.15, -0.1) is 0 Å². The molecule has 3 nitrogen and oxygen atoms in total. The molecule has 0 bridgehead atoms. The zero-order chi connectivity index (χ0) is 17.4. The summed E-state index contributed by atoms with van der Waals surface area (Å²) in [6, 6.07) is 24.1. The second-order valence-corrected chi connectivity index (χ2v) is 7.65. The van der Waals surface area contributed by atoms with Crippen molar-refractivity contribution < 1.29 is 0 Å². The Labute approximate surface area is 155 Å². The molecule has 5 rings (SSSR count). The predicted octanol–water partition coefficient (Wildman–Crippen LogP) is 4.45. The van der Waals surface area contributed by atoms with Crippen LogP contribution in [0, 0.1) is 0 Å². The van der Waals surface area contributed by atoms with Crippen molar-refractivity contribution in [1.82, 2.24) is 9.47 Å². The van der Waals surface area contributed by atoms with Crippen LogP contribution in [0.15, 0.2) is 72.9 Å². The third-order valence-corrected chi connectivity index (χ3v) is 6.01. The molecule has 3 aromatic rings. The lowest BCUT2D eigenvalue weighted by Crippen LogP contribution is -2.47. The van der Waals surface area contributed by atoms with E-state index in [1.54, 1.807) is 0 Å². The number of hydrogen-bond acceptors (Lipinski definition) is 2. The van der Waals surface area contributed by atoms with E-state index in [1.807, 2.05) is 0 Å². The first-order chi connectivity index (χ1) is 12.8. The molecule has 2 aromatic carbocycles. The lowest BCUT2D eigenvalue weighted by atomic mass is 9.83. The first kappa shape index (κ1) is 15.7. The van der Waals surface area contributed by atoms with E-state index >= 15 is 0 Å². The average molecular weight is 343 g/mol. The van der Waals surface area contributed by atoms with Crippen molar-refractivity contribution in [2.75, 3.05) is 18.4 Å². The fourth-order valence-electron chi connectivity index (χ4n) is 4.59. The molecule has 2 aliphatic rings. The van der Waals surface area contributed by atoms with Crippen LogP contribution < -0.4 is 5.32 Å². The third-order valence-electron chi connectivity index (χ3n) is 6.01. The summed E-state index contributed by atoms with van der Waals surface area (Å²) in [7, 11) is 0. The normalized spacial score (nSPS) is 18.6. The van der Waals surface area contributed by atoms with E-state index in [1.165, 1.54) is 22.5 Å². The van der Waals surface area contributed by atoms with Crippen LogP contribution >= 0.6 is 0 Å². The number of anilines is 1. The Morgan fingerprint density at radius 1 is 0.846 bits per heavy atom. The number of nitrogens with zero attached hydrogens (tertiary/aromatic N) is 2. The molecule has 1 saturated heterocycles. The van der Waals surface area contributed by atoms with Gasteiger partial charge in [0.2, 0.25) is 0 Å². The first-order valence-corrected chi connectivity index (χ1v) is 9.60. The summed E-state index contributed by atoms with van der Waals surface area (Å²) in [6.07, 6.45) is 4.51.